The molecule has 1 heterocycles. The molecule has 0 radical (unpaired) electrons. The molecule has 7 heteroatoms. The number of carbonyl (C=O) groups is 1. The van der Waals surface area contributed by atoms with Gasteiger partial charge in [-0.15, -0.1) is 0 Å². The number of amides is 1. The van der Waals surface area contributed by atoms with Crippen molar-refractivity contribution in [2.45, 2.75) is 19.5 Å². The highest BCUT2D eigenvalue weighted by atomic mass is 19.1. The second-order valence-corrected chi connectivity index (χ2v) is 7.32. The zero-order valence-corrected chi connectivity index (χ0v) is 16.6. The van der Waals surface area contributed by atoms with E-state index in [4.69, 9.17) is 4.74 Å². The predicted octanol–water partition coefficient (Wildman–Crippen LogP) is 3.13. The molecule has 29 heavy (non-hydrogen) atoms. The second-order valence-electron chi connectivity index (χ2n) is 7.32. The third-order valence-corrected chi connectivity index (χ3v) is 5.03. The van der Waals surface area contributed by atoms with E-state index in [0.29, 0.717) is 6.54 Å². The van der Waals surface area contributed by atoms with Crippen LogP contribution >= 0.6 is 0 Å². The summed E-state index contributed by atoms with van der Waals surface area (Å²) in [5.41, 5.74) is 1.08. The van der Waals surface area contributed by atoms with Crippen molar-refractivity contribution in [3.63, 3.8) is 0 Å². The van der Waals surface area contributed by atoms with Gasteiger partial charge in [0.15, 0.2) is 0 Å². The van der Waals surface area contributed by atoms with Crippen LogP contribution < -0.4 is 5.32 Å². The quantitative estimate of drug-likeness (QED) is 0.736. The average molecular weight is 403 g/mol. The van der Waals surface area contributed by atoms with Crippen LogP contribution in [0.1, 0.15) is 12.5 Å². The van der Waals surface area contributed by atoms with Crippen LogP contribution in [0, 0.1) is 11.6 Å². The largest absolute Gasteiger partial charge is 0.379 e. The Hall–Kier alpha value is -2.35. The molecule has 1 aliphatic heterocycles. The second kappa shape index (κ2) is 10.4. The van der Waals surface area contributed by atoms with Gasteiger partial charge in [-0.2, -0.15) is 0 Å². The minimum absolute atomic E-state index is 0.0168. The molecule has 2 aromatic carbocycles. The van der Waals surface area contributed by atoms with E-state index < -0.39 is 11.6 Å². The van der Waals surface area contributed by atoms with Crippen molar-refractivity contribution in [2.24, 2.45) is 0 Å². The van der Waals surface area contributed by atoms with Gasteiger partial charge in [-0.25, -0.2) is 8.78 Å². The lowest BCUT2D eigenvalue weighted by Crippen LogP contribution is -2.47. The standard InChI is InChI=1S/C22H27F2N3O2/c1-17(14-26-9-11-29-12-10-26)27(15-18-5-3-2-4-6-18)16-22(28)25-21-8-7-19(23)13-20(21)24/h2-8,13,17H,9-12,14-16H2,1H3,(H,25,28). The molecule has 0 aromatic heterocycles. The van der Waals surface area contributed by atoms with Crippen LogP contribution in [-0.4, -0.2) is 61.1 Å². The van der Waals surface area contributed by atoms with Crippen LogP contribution in [0.2, 0.25) is 0 Å². The smallest absolute Gasteiger partial charge is 0.238 e. The Labute approximate surface area is 170 Å². The van der Waals surface area contributed by atoms with Gasteiger partial charge in [-0.05, 0) is 24.6 Å². The fourth-order valence-electron chi connectivity index (χ4n) is 3.42. The van der Waals surface area contributed by atoms with Crippen LogP contribution in [0.3, 0.4) is 0 Å². The molecule has 156 valence electrons. The minimum Gasteiger partial charge on any atom is -0.379 e. The zero-order chi connectivity index (χ0) is 20.6. The Morgan fingerprint density at radius 3 is 2.59 bits per heavy atom. The molecule has 1 unspecified atom stereocenters. The van der Waals surface area contributed by atoms with Gasteiger partial charge in [-0.3, -0.25) is 14.6 Å². The van der Waals surface area contributed by atoms with Crippen LogP contribution in [-0.2, 0) is 16.1 Å². The molecule has 1 amide bonds. The summed E-state index contributed by atoms with van der Waals surface area (Å²) in [6.07, 6.45) is 0. The lowest BCUT2D eigenvalue weighted by atomic mass is 10.1. The Kier molecular flexibility index (Phi) is 7.69. The first-order valence-corrected chi connectivity index (χ1v) is 9.84. The summed E-state index contributed by atoms with van der Waals surface area (Å²) in [5.74, 6) is -1.79. The number of carbonyl (C=O) groups excluding carboxylic acids is 1. The number of rotatable bonds is 8. The summed E-state index contributed by atoms with van der Waals surface area (Å²) in [4.78, 5) is 17.0. The molecule has 3 rings (SSSR count). The maximum absolute atomic E-state index is 13.9. The van der Waals surface area contributed by atoms with E-state index >= 15 is 0 Å². The maximum atomic E-state index is 13.9. The molecule has 0 spiro atoms. The summed E-state index contributed by atoms with van der Waals surface area (Å²) in [6.45, 7) is 6.79. The van der Waals surface area contributed by atoms with Crippen LogP contribution in [0.4, 0.5) is 14.5 Å². The highest BCUT2D eigenvalue weighted by Gasteiger charge is 2.22. The van der Waals surface area contributed by atoms with E-state index in [9.17, 15) is 13.6 Å². The fraction of sp³-hybridized carbons (Fsp3) is 0.409. The molecule has 5 nitrogen and oxygen atoms in total. The van der Waals surface area contributed by atoms with Gasteiger partial charge < -0.3 is 10.1 Å². The number of nitrogens with one attached hydrogen (secondary N) is 1. The van der Waals surface area contributed by atoms with E-state index in [1.54, 1.807) is 0 Å². The number of halogens is 2. The summed E-state index contributed by atoms with van der Waals surface area (Å²) in [6, 6.07) is 13.2. The van der Waals surface area contributed by atoms with Crippen LogP contribution in [0.25, 0.3) is 0 Å². The first-order valence-electron chi connectivity index (χ1n) is 9.84. The highest BCUT2D eigenvalue weighted by molar-refractivity contribution is 5.92. The maximum Gasteiger partial charge on any atom is 0.238 e. The molecule has 0 aliphatic carbocycles. The van der Waals surface area contributed by atoms with Gasteiger partial charge >= 0.3 is 0 Å². The number of anilines is 1. The molecule has 1 N–H and O–H groups in total. The lowest BCUT2D eigenvalue weighted by molar-refractivity contribution is -0.118. The number of hydrogen-bond donors (Lipinski definition) is 1. The highest BCUT2D eigenvalue weighted by Crippen LogP contribution is 2.16. The predicted molar refractivity (Wildman–Crippen MR) is 109 cm³/mol. The van der Waals surface area contributed by atoms with E-state index in [2.05, 4.69) is 22.0 Å². The topological polar surface area (TPSA) is 44.8 Å². The molecule has 0 saturated carbocycles. The van der Waals surface area contributed by atoms with Crippen molar-refractivity contribution in [1.82, 2.24) is 9.80 Å². The minimum atomic E-state index is -0.783. The number of hydrogen-bond acceptors (Lipinski definition) is 4. The van der Waals surface area contributed by atoms with Crippen molar-refractivity contribution in [3.05, 3.63) is 65.7 Å². The van der Waals surface area contributed by atoms with Gasteiger partial charge in [0.05, 0.1) is 25.4 Å². The first kappa shape index (κ1) is 21.4. The third kappa shape index (κ3) is 6.59. The SMILES string of the molecule is CC(CN1CCOCC1)N(CC(=O)Nc1ccc(F)cc1F)Cc1ccccc1. The number of ether oxygens (including phenoxy) is 1. The summed E-state index contributed by atoms with van der Waals surface area (Å²) >= 11 is 0. The van der Waals surface area contributed by atoms with Crippen molar-refractivity contribution >= 4 is 11.6 Å². The molecule has 1 aliphatic rings. The Morgan fingerprint density at radius 2 is 1.90 bits per heavy atom. The Balaban J connectivity index is 1.66. The monoisotopic (exact) mass is 403 g/mol. The number of benzene rings is 2. The average Bonchev–Trinajstić information content (AvgIpc) is 2.71. The Morgan fingerprint density at radius 1 is 1.17 bits per heavy atom. The molecule has 1 saturated heterocycles. The molecule has 2 aromatic rings. The van der Waals surface area contributed by atoms with E-state index in [-0.39, 0.29) is 24.2 Å². The molecular formula is C22H27F2N3O2. The lowest BCUT2D eigenvalue weighted by Gasteiger charge is -2.34. The molecule has 1 atom stereocenters. The van der Waals surface area contributed by atoms with Gasteiger partial charge in [0.2, 0.25) is 5.91 Å². The summed E-state index contributed by atoms with van der Waals surface area (Å²) < 4.78 is 32.4. The van der Waals surface area contributed by atoms with Gasteiger partial charge in [-0.1, -0.05) is 30.3 Å². The van der Waals surface area contributed by atoms with Crippen LogP contribution in [0.15, 0.2) is 48.5 Å². The number of morpholine rings is 1. The number of nitrogens with zero attached hydrogens (tertiary/aromatic N) is 2. The van der Waals surface area contributed by atoms with Crippen molar-refractivity contribution in [1.29, 1.82) is 0 Å². The summed E-state index contributed by atoms with van der Waals surface area (Å²) in [5, 5.41) is 2.56. The zero-order valence-electron chi connectivity index (χ0n) is 16.6. The Bertz CT molecular complexity index is 798. The van der Waals surface area contributed by atoms with Crippen molar-refractivity contribution < 1.29 is 18.3 Å². The van der Waals surface area contributed by atoms with E-state index in [1.807, 2.05) is 30.3 Å². The molecule has 1 fully saturated rings. The first-order chi connectivity index (χ1) is 14.0. The van der Waals surface area contributed by atoms with Gasteiger partial charge in [0.1, 0.15) is 11.6 Å². The van der Waals surface area contributed by atoms with E-state index in [1.165, 1.54) is 6.07 Å². The summed E-state index contributed by atoms with van der Waals surface area (Å²) in [7, 11) is 0. The van der Waals surface area contributed by atoms with E-state index in [0.717, 1.165) is 50.5 Å². The van der Waals surface area contributed by atoms with Crippen molar-refractivity contribution in [3.8, 4) is 0 Å². The van der Waals surface area contributed by atoms with Gasteiger partial charge in [0.25, 0.3) is 0 Å². The normalized spacial score (nSPS) is 16.0. The molecule has 0 bridgehead atoms. The molecular weight excluding hydrogens is 376 g/mol. The van der Waals surface area contributed by atoms with Crippen LogP contribution in [0.5, 0.6) is 0 Å². The third-order valence-electron chi connectivity index (χ3n) is 5.03. The fourth-order valence-corrected chi connectivity index (χ4v) is 3.42. The van der Waals surface area contributed by atoms with Crippen molar-refractivity contribution in [2.75, 3.05) is 44.7 Å². The van der Waals surface area contributed by atoms with Gasteiger partial charge in [0, 0.05) is 38.3 Å².